The Balaban J connectivity index is 1.68. The van der Waals surface area contributed by atoms with Crippen LogP contribution in [0.4, 0.5) is 0 Å². The van der Waals surface area contributed by atoms with Crippen molar-refractivity contribution in [3.05, 3.63) is 0 Å². The predicted molar refractivity (Wildman–Crippen MR) is 73.1 cm³/mol. The summed E-state index contributed by atoms with van der Waals surface area (Å²) < 4.78 is 22.9. The van der Waals surface area contributed by atoms with Crippen LogP contribution in [-0.2, 0) is 18.9 Å². The lowest BCUT2D eigenvalue weighted by Gasteiger charge is -2.64. The van der Waals surface area contributed by atoms with E-state index in [2.05, 4.69) is 13.0 Å². The second-order valence-corrected chi connectivity index (χ2v) is 7.12. The molecule has 1 N–H and O–H groups in total. The minimum Gasteiger partial charge on any atom is -0.443 e. The fourth-order valence-electron chi connectivity index (χ4n) is 4.87. The van der Waals surface area contributed by atoms with Gasteiger partial charge in [-0.1, -0.05) is 13.3 Å². The first-order valence-corrected chi connectivity index (χ1v) is 7.76. The summed E-state index contributed by atoms with van der Waals surface area (Å²) in [6.45, 7) is 3.82. The van der Waals surface area contributed by atoms with Gasteiger partial charge in [0.25, 0.3) is 0 Å². The van der Waals surface area contributed by atoms with Gasteiger partial charge in [0, 0.05) is 30.6 Å². The molecular formula is C16H22O5. The highest BCUT2D eigenvalue weighted by Gasteiger charge is 2.68. The maximum absolute atomic E-state index is 11.1. The van der Waals surface area contributed by atoms with E-state index in [1.54, 1.807) is 0 Å². The Bertz CT molecular complexity index is 480. The van der Waals surface area contributed by atoms with E-state index in [1.165, 1.54) is 0 Å². The average Bonchev–Trinajstić information content (AvgIpc) is 2.91. The van der Waals surface area contributed by atoms with Crippen LogP contribution in [0.5, 0.6) is 0 Å². The van der Waals surface area contributed by atoms with Gasteiger partial charge in [0.2, 0.25) is 0 Å². The zero-order valence-corrected chi connectivity index (χ0v) is 12.3. The maximum atomic E-state index is 11.1. The highest BCUT2D eigenvalue weighted by Crippen LogP contribution is 2.61. The van der Waals surface area contributed by atoms with Crippen molar-refractivity contribution in [2.45, 2.75) is 56.2 Å². The molecule has 4 fully saturated rings. The van der Waals surface area contributed by atoms with Crippen molar-refractivity contribution >= 4 is 0 Å². The topological polar surface area (TPSA) is 57.2 Å². The molecule has 2 heterocycles. The minimum absolute atomic E-state index is 0.0164. The van der Waals surface area contributed by atoms with E-state index in [0.717, 1.165) is 12.8 Å². The zero-order chi connectivity index (χ0) is 14.7. The Labute approximate surface area is 124 Å². The fraction of sp³-hybridized carbons (Fsp3) is 0.875. The smallest absolute Gasteiger partial charge is 0.168 e. The molecule has 2 aliphatic carbocycles. The molecule has 0 amide bonds. The number of aliphatic hydroxyl groups is 1. The Hall–Kier alpha value is -0.800. The largest absolute Gasteiger partial charge is 0.443 e. The van der Waals surface area contributed by atoms with E-state index in [4.69, 9.17) is 25.4 Å². The summed E-state index contributed by atoms with van der Waals surface area (Å²) in [7, 11) is 0. The lowest BCUT2D eigenvalue weighted by atomic mass is 9.50. The van der Waals surface area contributed by atoms with Gasteiger partial charge >= 0.3 is 0 Å². The molecule has 0 bridgehead atoms. The van der Waals surface area contributed by atoms with E-state index >= 15 is 0 Å². The van der Waals surface area contributed by atoms with Crippen molar-refractivity contribution in [3.8, 4) is 12.5 Å². The summed E-state index contributed by atoms with van der Waals surface area (Å²) in [6, 6.07) is 0. The van der Waals surface area contributed by atoms with Gasteiger partial charge in [-0.15, -0.1) is 0 Å². The van der Waals surface area contributed by atoms with Crippen LogP contribution in [-0.4, -0.2) is 48.5 Å². The first-order valence-electron chi connectivity index (χ1n) is 7.76. The SMILES string of the molecule is C#CO[C@H]1CC2OC[C@@]2(O)[C@H]2CC3(CC[C@]12C)OCCO3. The first-order chi connectivity index (χ1) is 10.0. The van der Waals surface area contributed by atoms with E-state index in [1.807, 2.05) is 0 Å². The monoisotopic (exact) mass is 294 g/mol. The molecule has 5 atom stereocenters. The molecule has 5 nitrogen and oxygen atoms in total. The Morgan fingerprint density at radius 3 is 2.67 bits per heavy atom. The quantitative estimate of drug-likeness (QED) is 0.733. The number of ether oxygens (including phenoxy) is 4. The van der Waals surface area contributed by atoms with E-state index in [9.17, 15) is 5.11 Å². The van der Waals surface area contributed by atoms with Gasteiger partial charge in [-0.2, -0.15) is 0 Å². The molecule has 2 saturated heterocycles. The highest BCUT2D eigenvalue weighted by atomic mass is 16.7. The first kappa shape index (κ1) is 13.8. The number of hydrogen-bond acceptors (Lipinski definition) is 5. The molecule has 116 valence electrons. The van der Waals surface area contributed by atoms with Crippen molar-refractivity contribution in [2.75, 3.05) is 19.8 Å². The van der Waals surface area contributed by atoms with Crippen molar-refractivity contribution < 1.29 is 24.1 Å². The Kier molecular flexibility index (Phi) is 2.87. The standard InChI is InChI=1S/C16H22O5/c1-3-18-12-8-13-16(17,10-19-13)11-9-15(20-6-7-21-15)5-4-14(11,12)2/h1,11-13,17H,4-10H2,2H3/t11-,12-,13?,14-,16+/m0/s1. The molecule has 1 unspecified atom stereocenters. The normalized spacial score (nSPS) is 50.6. The van der Waals surface area contributed by atoms with E-state index in [-0.39, 0.29) is 23.5 Å². The lowest BCUT2D eigenvalue weighted by Crippen LogP contribution is -2.74. The molecule has 5 heteroatoms. The average molecular weight is 294 g/mol. The van der Waals surface area contributed by atoms with Gasteiger partial charge in [0.05, 0.1) is 25.9 Å². The third-order valence-corrected chi connectivity index (χ3v) is 6.22. The van der Waals surface area contributed by atoms with Crippen LogP contribution in [0.1, 0.15) is 32.6 Å². The highest BCUT2D eigenvalue weighted by molar-refractivity contribution is 5.16. The molecule has 2 aliphatic heterocycles. The van der Waals surface area contributed by atoms with Gasteiger partial charge in [0.1, 0.15) is 17.8 Å². The lowest BCUT2D eigenvalue weighted by molar-refractivity contribution is -0.345. The van der Waals surface area contributed by atoms with Gasteiger partial charge in [-0.25, -0.2) is 0 Å². The zero-order valence-electron chi connectivity index (χ0n) is 12.3. The van der Waals surface area contributed by atoms with Crippen LogP contribution in [0, 0.1) is 23.9 Å². The summed E-state index contributed by atoms with van der Waals surface area (Å²) in [4.78, 5) is 0. The Morgan fingerprint density at radius 2 is 2.05 bits per heavy atom. The van der Waals surface area contributed by atoms with Crippen LogP contribution in [0.25, 0.3) is 0 Å². The van der Waals surface area contributed by atoms with Gasteiger partial charge < -0.3 is 24.1 Å². The second kappa shape index (κ2) is 4.36. The molecule has 1 spiro atoms. The molecular weight excluding hydrogens is 272 g/mol. The van der Waals surface area contributed by atoms with Gasteiger partial charge in [0.15, 0.2) is 5.79 Å². The van der Waals surface area contributed by atoms with Crippen LogP contribution in [0.15, 0.2) is 0 Å². The second-order valence-electron chi connectivity index (χ2n) is 7.12. The van der Waals surface area contributed by atoms with Crippen molar-refractivity contribution in [1.29, 1.82) is 0 Å². The minimum atomic E-state index is -0.800. The van der Waals surface area contributed by atoms with Crippen molar-refractivity contribution in [3.63, 3.8) is 0 Å². The molecule has 21 heavy (non-hydrogen) atoms. The van der Waals surface area contributed by atoms with E-state index in [0.29, 0.717) is 32.7 Å². The fourth-order valence-corrected chi connectivity index (χ4v) is 4.87. The summed E-state index contributed by atoms with van der Waals surface area (Å²) >= 11 is 0. The van der Waals surface area contributed by atoms with Crippen LogP contribution in [0.3, 0.4) is 0 Å². The molecule has 2 saturated carbocycles. The third-order valence-electron chi connectivity index (χ3n) is 6.22. The van der Waals surface area contributed by atoms with Crippen LogP contribution < -0.4 is 0 Å². The number of fused-ring (bicyclic) bond motifs is 3. The summed E-state index contributed by atoms with van der Waals surface area (Å²) in [5.41, 5.74) is -0.964. The Morgan fingerprint density at radius 1 is 1.29 bits per heavy atom. The molecule has 0 radical (unpaired) electrons. The van der Waals surface area contributed by atoms with Crippen LogP contribution in [0.2, 0.25) is 0 Å². The maximum Gasteiger partial charge on any atom is 0.168 e. The van der Waals surface area contributed by atoms with Gasteiger partial charge in [-0.05, 0) is 6.42 Å². The number of terminal acetylenes is 1. The van der Waals surface area contributed by atoms with Gasteiger partial charge in [-0.3, -0.25) is 0 Å². The van der Waals surface area contributed by atoms with Crippen LogP contribution >= 0.6 is 0 Å². The number of hydrogen-bond donors (Lipinski definition) is 1. The van der Waals surface area contributed by atoms with Crippen molar-refractivity contribution in [1.82, 2.24) is 0 Å². The van der Waals surface area contributed by atoms with E-state index < -0.39 is 11.4 Å². The molecule has 4 rings (SSSR count). The summed E-state index contributed by atoms with van der Waals surface area (Å²) in [6.07, 6.45) is 10.5. The van der Waals surface area contributed by atoms with Crippen molar-refractivity contribution in [2.24, 2.45) is 11.3 Å². The third kappa shape index (κ3) is 1.74. The molecule has 0 aromatic carbocycles. The molecule has 0 aromatic heterocycles. The molecule has 4 aliphatic rings. The summed E-state index contributed by atoms with van der Waals surface area (Å²) in [5.74, 6) is -0.513. The predicted octanol–water partition coefficient (Wildman–Crippen LogP) is 1.05. The number of rotatable bonds is 1. The summed E-state index contributed by atoms with van der Waals surface area (Å²) in [5, 5.41) is 11.1. The molecule has 0 aromatic rings.